The third-order valence-corrected chi connectivity index (χ3v) is 4.94. The van der Waals surface area contributed by atoms with Crippen LogP contribution >= 0.6 is 27.3 Å². The van der Waals surface area contributed by atoms with Gasteiger partial charge in [0, 0.05) is 17.0 Å². The van der Waals surface area contributed by atoms with Crippen LogP contribution in [0, 0.1) is 0 Å². The summed E-state index contributed by atoms with van der Waals surface area (Å²) in [4.78, 5) is 3.80. The zero-order chi connectivity index (χ0) is 11.5. The maximum Gasteiger partial charge on any atom is 0.0701 e. The highest BCUT2D eigenvalue weighted by atomic mass is 79.9. The summed E-state index contributed by atoms with van der Waals surface area (Å²) in [7, 11) is 4.35. The monoisotopic (exact) mass is 302 g/mol. The van der Waals surface area contributed by atoms with Crippen molar-refractivity contribution >= 4 is 27.3 Å². The highest BCUT2D eigenvalue weighted by Crippen LogP contribution is 2.33. The molecule has 0 bridgehead atoms. The van der Waals surface area contributed by atoms with E-state index in [1.807, 2.05) is 11.3 Å². The molecule has 4 heteroatoms. The summed E-state index contributed by atoms with van der Waals surface area (Å²) in [5.41, 5.74) is 0. The van der Waals surface area contributed by atoms with Crippen molar-refractivity contribution in [2.75, 3.05) is 20.6 Å². The molecule has 0 radical (unpaired) electrons. The van der Waals surface area contributed by atoms with Crippen molar-refractivity contribution in [3.05, 3.63) is 20.8 Å². The minimum absolute atomic E-state index is 0.548. The minimum atomic E-state index is 0.548. The van der Waals surface area contributed by atoms with Gasteiger partial charge in [-0.15, -0.1) is 11.3 Å². The lowest BCUT2D eigenvalue weighted by molar-refractivity contribution is 0.266. The number of halogens is 1. The van der Waals surface area contributed by atoms with Gasteiger partial charge >= 0.3 is 0 Å². The maximum atomic E-state index is 3.58. The average Bonchev–Trinajstić information content (AvgIpc) is 2.84. The van der Waals surface area contributed by atoms with Crippen LogP contribution in [0.3, 0.4) is 0 Å². The Morgan fingerprint density at radius 3 is 2.88 bits per heavy atom. The molecule has 1 aromatic heterocycles. The Balaban J connectivity index is 2.04. The van der Waals surface area contributed by atoms with Gasteiger partial charge in [0.25, 0.3) is 0 Å². The lowest BCUT2D eigenvalue weighted by atomic mass is 10.0. The Bertz CT molecular complexity index is 332. The molecule has 0 spiro atoms. The number of nitrogens with zero attached hydrogens (tertiary/aromatic N) is 1. The molecule has 90 valence electrons. The van der Waals surface area contributed by atoms with E-state index in [4.69, 9.17) is 0 Å². The van der Waals surface area contributed by atoms with Gasteiger partial charge in [-0.05, 0) is 68.0 Å². The Labute approximate surface area is 110 Å². The fourth-order valence-corrected chi connectivity index (χ4v) is 3.95. The van der Waals surface area contributed by atoms with Crippen LogP contribution in [0.1, 0.15) is 30.2 Å². The van der Waals surface area contributed by atoms with Gasteiger partial charge in [0.15, 0.2) is 0 Å². The first kappa shape index (κ1) is 12.6. The quantitative estimate of drug-likeness (QED) is 0.918. The molecule has 1 N–H and O–H groups in total. The second kappa shape index (κ2) is 5.63. The third-order valence-electron chi connectivity index (χ3n) is 3.22. The highest BCUT2D eigenvalue weighted by Gasteiger charge is 2.23. The van der Waals surface area contributed by atoms with Crippen molar-refractivity contribution in [1.29, 1.82) is 0 Å². The Hall–Kier alpha value is 0.1000. The molecule has 2 rings (SSSR count). The van der Waals surface area contributed by atoms with Gasteiger partial charge in [0.1, 0.15) is 0 Å². The Kier molecular flexibility index (Phi) is 4.41. The van der Waals surface area contributed by atoms with E-state index in [0.29, 0.717) is 12.1 Å². The summed E-state index contributed by atoms with van der Waals surface area (Å²) in [6, 6.07) is 5.65. The zero-order valence-electron chi connectivity index (χ0n) is 9.87. The normalized spacial score (nSPS) is 22.9. The molecule has 16 heavy (non-hydrogen) atoms. The summed E-state index contributed by atoms with van der Waals surface area (Å²) in [5.74, 6) is 0. The van der Waals surface area contributed by atoms with E-state index in [2.05, 4.69) is 52.4 Å². The molecule has 0 amide bonds. The van der Waals surface area contributed by atoms with Crippen LogP contribution in [-0.2, 0) is 0 Å². The van der Waals surface area contributed by atoms with Gasteiger partial charge in [-0.2, -0.15) is 0 Å². The maximum absolute atomic E-state index is 3.58. The summed E-state index contributed by atoms with van der Waals surface area (Å²) in [6.45, 7) is 1.19. The van der Waals surface area contributed by atoms with Gasteiger partial charge in [0.2, 0.25) is 0 Å². The Morgan fingerprint density at radius 1 is 1.56 bits per heavy atom. The zero-order valence-corrected chi connectivity index (χ0v) is 12.3. The molecule has 2 unspecified atom stereocenters. The third kappa shape index (κ3) is 3.06. The predicted octanol–water partition coefficient (Wildman–Crippen LogP) is 3.26. The first-order valence-corrected chi connectivity index (χ1v) is 7.43. The molecule has 1 aliphatic rings. The second-order valence-electron chi connectivity index (χ2n) is 4.65. The molecule has 0 saturated carbocycles. The van der Waals surface area contributed by atoms with Gasteiger partial charge in [0.05, 0.1) is 3.79 Å². The van der Waals surface area contributed by atoms with E-state index in [1.54, 1.807) is 0 Å². The van der Waals surface area contributed by atoms with Crippen LogP contribution in [0.4, 0.5) is 0 Å². The molecule has 1 aromatic rings. The van der Waals surface area contributed by atoms with Crippen molar-refractivity contribution < 1.29 is 0 Å². The van der Waals surface area contributed by atoms with Gasteiger partial charge in [-0.25, -0.2) is 0 Å². The van der Waals surface area contributed by atoms with Crippen molar-refractivity contribution in [2.45, 2.75) is 31.3 Å². The fourth-order valence-electron chi connectivity index (χ4n) is 2.32. The highest BCUT2D eigenvalue weighted by molar-refractivity contribution is 9.11. The average molecular weight is 303 g/mol. The molecule has 2 atom stereocenters. The van der Waals surface area contributed by atoms with Crippen molar-refractivity contribution in [2.24, 2.45) is 0 Å². The molecule has 0 aliphatic carbocycles. The Morgan fingerprint density at radius 2 is 2.38 bits per heavy atom. The summed E-state index contributed by atoms with van der Waals surface area (Å²) < 4.78 is 1.23. The molecule has 2 nitrogen and oxygen atoms in total. The molecule has 2 heterocycles. The summed E-state index contributed by atoms with van der Waals surface area (Å²) in [6.07, 6.45) is 3.88. The second-order valence-corrected chi connectivity index (χ2v) is 7.14. The SMILES string of the molecule is CN(C)C(CC1CCCN1)c1ccc(Br)s1. The molecular weight excluding hydrogens is 284 g/mol. The summed E-state index contributed by atoms with van der Waals surface area (Å²) in [5, 5.41) is 3.58. The van der Waals surface area contributed by atoms with E-state index >= 15 is 0 Å². The van der Waals surface area contributed by atoms with Crippen LogP contribution in [-0.4, -0.2) is 31.6 Å². The topological polar surface area (TPSA) is 15.3 Å². The van der Waals surface area contributed by atoms with Crippen molar-refractivity contribution in [3.63, 3.8) is 0 Å². The van der Waals surface area contributed by atoms with E-state index in [9.17, 15) is 0 Å². The number of rotatable bonds is 4. The summed E-state index contributed by atoms with van der Waals surface area (Å²) >= 11 is 5.40. The van der Waals surface area contributed by atoms with Crippen molar-refractivity contribution in [1.82, 2.24) is 10.2 Å². The van der Waals surface area contributed by atoms with E-state index in [-0.39, 0.29) is 0 Å². The number of hydrogen-bond acceptors (Lipinski definition) is 3. The largest absolute Gasteiger partial charge is 0.314 e. The van der Waals surface area contributed by atoms with Gasteiger partial charge < -0.3 is 10.2 Å². The van der Waals surface area contributed by atoms with E-state index in [0.717, 1.165) is 0 Å². The van der Waals surface area contributed by atoms with Crippen LogP contribution in [0.5, 0.6) is 0 Å². The van der Waals surface area contributed by atoms with Crippen molar-refractivity contribution in [3.8, 4) is 0 Å². The molecule has 1 saturated heterocycles. The molecule has 1 aliphatic heterocycles. The minimum Gasteiger partial charge on any atom is -0.314 e. The standard InChI is InChI=1S/C12H19BrN2S/c1-15(2)10(8-9-4-3-7-14-9)11-5-6-12(13)16-11/h5-6,9-10,14H,3-4,7-8H2,1-2H3. The van der Waals surface area contributed by atoms with Crippen LogP contribution in [0.15, 0.2) is 15.9 Å². The fraction of sp³-hybridized carbons (Fsp3) is 0.667. The first-order chi connectivity index (χ1) is 7.66. The smallest absolute Gasteiger partial charge is 0.0701 e. The van der Waals surface area contributed by atoms with E-state index in [1.165, 1.54) is 34.5 Å². The molecule has 0 aromatic carbocycles. The lowest BCUT2D eigenvalue weighted by Crippen LogP contribution is -2.29. The van der Waals surface area contributed by atoms with Gasteiger partial charge in [-0.3, -0.25) is 0 Å². The first-order valence-electron chi connectivity index (χ1n) is 5.82. The molecule has 1 fully saturated rings. The van der Waals surface area contributed by atoms with E-state index < -0.39 is 0 Å². The van der Waals surface area contributed by atoms with Crippen LogP contribution in [0.25, 0.3) is 0 Å². The number of nitrogens with one attached hydrogen (secondary N) is 1. The lowest BCUT2D eigenvalue weighted by Gasteiger charge is -2.26. The predicted molar refractivity (Wildman–Crippen MR) is 74.1 cm³/mol. The molecular formula is C12H19BrN2S. The van der Waals surface area contributed by atoms with Crippen LogP contribution in [0.2, 0.25) is 0 Å². The van der Waals surface area contributed by atoms with Gasteiger partial charge in [-0.1, -0.05) is 0 Å². The number of hydrogen-bond donors (Lipinski definition) is 1. The van der Waals surface area contributed by atoms with Crippen LogP contribution < -0.4 is 5.32 Å². The number of thiophene rings is 1.